The molecule has 4 rings (SSSR count). The number of carbonyl (C=O) groups excluding carboxylic acids is 1. The molecule has 1 N–H and O–H groups in total. The SMILES string of the molecule is CCOc1ccc(NC(=O)c2nc(-c3cccc(Cl)c3)n(-c3ccc(C)cc3)n2)cc1. The number of benzene rings is 3. The summed E-state index contributed by atoms with van der Waals surface area (Å²) in [6.07, 6.45) is 0. The number of nitrogens with one attached hydrogen (secondary N) is 1. The number of aryl methyl sites for hydroxylation is 1. The van der Waals surface area contributed by atoms with Crippen molar-refractivity contribution in [2.24, 2.45) is 0 Å². The summed E-state index contributed by atoms with van der Waals surface area (Å²) in [5.74, 6) is 0.927. The molecule has 1 amide bonds. The highest BCUT2D eigenvalue weighted by atomic mass is 35.5. The summed E-state index contributed by atoms with van der Waals surface area (Å²) in [6.45, 7) is 4.51. The fourth-order valence-electron chi connectivity index (χ4n) is 3.08. The molecule has 6 nitrogen and oxygen atoms in total. The van der Waals surface area contributed by atoms with Crippen LogP contribution in [0.1, 0.15) is 23.1 Å². The molecule has 0 aliphatic heterocycles. The largest absolute Gasteiger partial charge is 0.494 e. The summed E-state index contributed by atoms with van der Waals surface area (Å²) >= 11 is 6.18. The van der Waals surface area contributed by atoms with Gasteiger partial charge in [0.2, 0.25) is 5.82 Å². The lowest BCUT2D eigenvalue weighted by Gasteiger charge is -2.06. The highest BCUT2D eigenvalue weighted by Gasteiger charge is 2.19. The van der Waals surface area contributed by atoms with Gasteiger partial charge in [-0.3, -0.25) is 4.79 Å². The second-order valence-electron chi connectivity index (χ2n) is 6.93. The molecule has 1 heterocycles. The maximum Gasteiger partial charge on any atom is 0.295 e. The zero-order valence-corrected chi connectivity index (χ0v) is 17.9. The maximum atomic E-state index is 12.9. The molecule has 3 aromatic carbocycles. The van der Waals surface area contributed by atoms with Gasteiger partial charge in [-0.15, -0.1) is 5.10 Å². The van der Waals surface area contributed by atoms with E-state index in [1.807, 2.05) is 50.2 Å². The Balaban J connectivity index is 1.68. The first kappa shape index (κ1) is 20.6. The van der Waals surface area contributed by atoms with Crippen LogP contribution >= 0.6 is 11.6 Å². The van der Waals surface area contributed by atoms with E-state index in [0.717, 1.165) is 22.6 Å². The molecule has 156 valence electrons. The third-order valence-electron chi connectivity index (χ3n) is 4.59. The third-order valence-corrected chi connectivity index (χ3v) is 4.83. The van der Waals surface area contributed by atoms with Crippen LogP contribution in [0.4, 0.5) is 5.69 Å². The Morgan fingerprint density at radius 2 is 1.81 bits per heavy atom. The molecule has 0 spiro atoms. The fraction of sp³-hybridized carbons (Fsp3) is 0.125. The molecule has 0 radical (unpaired) electrons. The van der Waals surface area contributed by atoms with Crippen molar-refractivity contribution in [2.45, 2.75) is 13.8 Å². The molecular weight excluding hydrogens is 412 g/mol. The number of aromatic nitrogens is 3. The number of halogens is 1. The van der Waals surface area contributed by atoms with Crippen LogP contribution < -0.4 is 10.1 Å². The molecule has 0 unspecified atom stereocenters. The molecule has 0 atom stereocenters. The first-order chi connectivity index (χ1) is 15.0. The molecule has 4 aromatic rings. The molecule has 0 bridgehead atoms. The molecule has 7 heteroatoms. The van der Waals surface area contributed by atoms with Crippen molar-refractivity contribution in [2.75, 3.05) is 11.9 Å². The van der Waals surface area contributed by atoms with Crippen LogP contribution in [-0.4, -0.2) is 27.3 Å². The first-order valence-corrected chi connectivity index (χ1v) is 10.3. The van der Waals surface area contributed by atoms with Crippen molar-refractivity contribution < 1.29 is 9.53 Å². The average Bonchev–Trinajstić information content (AvgIpc) is 3.22. The molecule has 1 aromatic heterocycles. The van der Waals surface area contributed by atoms with E-state index in [1.54, 1.807) is 41.1 Å². The minimum absolute atomic E-state index is 0.0597. The molecule has 0 aliphatic rings. The maximum absolute atomic E-state index is 12.9. The lowest BCUT2D eigenvalue weighted by Crippen LogP contribution is -2.14. The van der Waals surface area contributed by atoms with Gasteiger partial charge in [0.15, 0.2) is 5.82 Å². The van der Waals surface area contributed by atoms with E-state index in [2.05, 4.69) is 15.4 Å². The minimum Gasteiger partial charge on any atom is -0.494 e. The van der Waals surface area contributed by atoms with Gasteiger partial charge >= 0.3 is 0 Å². The highest BCUT2D eigenvalue weighted by molar-refractivity contribution is 6.30. The highest BCUT2D eigenvalue weighted by Crippen LogP contribution is 2.25. The predicted molar refractivity (Wildman–Crippen MR) is 122 cm³/mol. The van der Waals surface area contributed by atoms with Crippen LogP contribution in [0.2, 0.25) is 5.02 Å². The van der Waals surface area contributed by atoms with E-state index >= 15 is 0 Å². The monoisotopic (exact) mass is 432 g/mol. The van der Waals surface area contributed by atoms with E-state index in [4.69, 9.17) is 16.3 Å². The molecule has 0 aliphatic carbocycles. The predicted octanol–water partition coefficient (Wildman–Crippen LogP) is 5.55. The number of rotatable bonds is 6. The standard InChI is InChI=1S/C24H21ClN4O2/c1-3-31-21-13-9-19(10-14-21)26-24(30)22-27-23(17-5-4-6-18(25)15-17)29(28-22)20-11-7-16(2)8-12-20/h4-15H,3H2,1-2H3,(H,26,30). The van der Waals surface area contributed by atoms with Gasteiger partial charge in [-0.05, 0) is 62.4 Å². The van der Waals surface area contributed by atoms with Crippen molar-refractivity contribution >= 4 is 23.2 Å². The van der Waals surface area contributed by atoms with Gasteiger partial charge in [-0.25, -0.2) is 9.67 Å². The minimum atomic E-state index is -0.404. The van der Waals surface area contributed by atoms with Gasteiger partial charge < -0.3 is 10.1 Å². The Bertz CT molecular complexity index is 1200. The number of ether oxygens (including phenoxy) is 1. The van der Waals surface area contributed by atoms with E-state index in [1.165, 1.54) is 0 Å². The molecule has 31 heavy (non-hydrogen) atoms. The van der Waals surface area contributed by atoms with Crippen molar-refractivity contribution in [1.82, 2.24) is 14.8 Å². The Morgan fingerprint density at radius 1 is 1.06 bits per heavy atom. The number of hydrogen-bond donors (Lipinski definition) is 1. The Hall–Kier alpha value is -3.64. The number of nitrogens with zero attached hydrogens (tertiary/aromatic N) is 3. The Kier molecular flexibility index (Phi) is 6.00. The van der Waals surface area contributed by atoms with Gasteiger partial charge in [0.1, 0.15) is 5.75 Å². The van der Waals surface area contributed by atoms with Crippen LogP contribution in [0.3, 0.4) is 0 Å². The zero-order chi connectivity index (χ0) is 21.8. The smallest absolute Gasteiger partial charge is 0.295 e. The summed E-state index contributed by atoms with van der Waals surface area (Å²) in [5, 5.41) is 7.90. The van der Waals surface area contributed by atoms with E-state index < -0.39 is 5.91 Å². The lowest BCUT2D eigenvalue weighted by molar-refractivity contribution is 0.101. The first-order valence-electron chi connectivity index (χ1n) is 9.88. The number of amides is 1. The average molecular weight is 433 g/mol. The normalized spacial score (nSPS) is 10.7. The number of hydrogen-bond acceptors (Lipinski definition) is 4. The van der Waals surface area contributed by atoms with Crippen LogP contribution in [0, 0.1) is 6.92 Å². The number of anilines is 1. The van der Waals surface area contributed by atoms with Crippen molar-refractivity contribution in [3.8, 4) is 22.8 Å². The Labute approximate surface area is 185 Å². The molecule has 0 saturated heterocycles. The van der Waals surface area contributed by atoms with Crippen LogP contribution in [0.5, 0.6) is 5.75 Å². The molecule has 0 saturated carbocycles. The lowest BCUT2D eigenvalue weighted by atomic mass is 10.2. The van der Waals surface area contributed by atoms with Crippen LogP contribution in [0.25, 0.3) is 17.1 Å². The summed E-state index contributed by atoms with van der Waals surface area (Å²) in [7, 11) is 0. The van der Waals surface area contributed by atoms with Gasteiger partial charge in [0.25, 0.3) is 5.91 Å². The second kappa shape index (κ2) is 9.02. The van der Waals surface area contributed by atoms with Crippen molar-refractivity contribution in [3.63, 3.8) is 0 Å². The number of carbonyl (C=O) groups is 1. The van der Waals surface area contributed by atoms with E-state index in [-0.39, 0.29) is 5.82 Å². The molecule has 0 fully saturated rings. The van der Waals surface area contributed by atoms with Gasteiger partial charge in [-0.1, -0.05) is 41.4 Å². The quantitative estimate of drug-likeness (QED) is 0.434. The zero-order valence-electron chi connectivity index (χ0n) is 17.2. The fourth-order valence-corrected chi connectivity index (χ4v) is 3.27. The second-order valence-corrected chi connectivity index (χ2v) is 7.36. The van der Waals surface area contributed by atoms with Crippen molar-refractivity contribution in [3.05, 3.63) is 89.2 Å². The topological polar surface area (TPSA) is 69.0 Å². The summed E-state index contributed by atoms with van der Waals surface area (Å²) in [4.78, 5) is 17.4. The Morgan fingerprint density at radius 3 is 2.48 bits per heavy atom. The van der Waals surface area contributed by atoms with Crippen LogP contribution in [0.15, 0.2) is 72.8 Å². The van der Waals surface area contributed by atoms with Gasteiger partial charge in [-0.2, -0.15) is 0 Å². The van der Waals surface area contributed by atoms with E-state index in [0.29, 0.717) is 23.1 Å². The third kappa shape index (κ3) is 4.75. The van der Waals surface area contributed by atoms with Gasteiger partial charge in [0, 0.05) is 16.3 Å². The van der Waals surface area contributed by atoms with Crippen LogP contribution in [-0.2, 0) is 0 Å². The van der Waals surface area contributed by atoms with Crippen molar-refractivity contribution in [1.29, 1.82) is 0 Å². The van der Waals surface area contributed by atoms with E-state index in [9.17, 15) is 4.79 Å². The van der Waals surface area contributed by atoms with Gasteiger partial charge in [0.05, 0.1) is 12.3 Å². The molecular formula is C24H21ClN4O2. The summed E-state index contributed by atoms with van der Waals surface area (Å²) in [5.41, 5.74) is 3.32. The summed E-state index contributed by atoms with van der Waals surface area (Å²) in [6, 6.07) is 22.3. The summed E-state index contributed by atoms with van der Waals surface area (Å²) < 4.78 is 7.08.